The molecule has 204 valence electrons. The van der Waals surface area contributed by atoms with E-state index in [0.717, 1.165) is 41.4 Å². The molecule has 3 N–H and O–H groups in total. The molecule has 0 bridgehead atoms. The van der Waals surface area contributed by atoms with E-state index in [1.165, 1.54) is 6.07 Å². The second kappa shape index (κ2) is 10.3. The molecule has 1 saturated heterocycles. The van der Waals surface area contributed by atoms with E-state index >= 15 is 0 Å². The molecule has 0 spiro atoms. The highest BCUT2D eigenvalue weighted by Gasteiger charge is 2.32. The SMILES string of the molecule is Cc1nc(N[C@H](C)c2cc(N)cc(C(F)(F)F)c2)c2cc(C3CCN(C(=O)OC(C)(C)C)CC3)ccc2n1. The number of amides is 1. The molecule has 1 amide bonds. The van der Waals surface area contributed by atoms with Crippen molar-refractivity contribution in [3.63, 3.8) is 0 Å². The molecule has 4 rings (SSSR count). The van der Waals surface area contributed by atoms with Gasteiger partial charge in [0.1, 0.15) is 17.2 Å². The third-order valence-electron chi connectivity index (χ3n) is 6.61. The highest BCUT2D eigenvalue weighted by molar-refractivity contribution is 5.90. The molecule has 2 aromatic carbocycles. The molecule has 1 atom stereocenters. The molecular weight excluding hydrogens is 495 g/mol. The van der Waals surface area contributed by atoms with E-state index in [0.29, 0.717) is 30.3 Å². The minimum atomic E-state index is -4.49. The first-order valence-corrected chi connectivity index (χ1v) is 12.7. The predicted octanol–water partition coefficient (Wildman–Crippen LogP) is 6.83. The third-order valence-corrected chi connectivity index (χ3v) is 6.61. The highest BCUT2D eigenvalue weighted by atomic mass is 19.4. The van der Waals surface area contributed by atoms with Crippen molar-refractivity contribution in [2.24, 2.45) is 0 Å². The average molecular weight is 530 g/mol. The first-order chi connectivity index (χ1) is 17.7. The Morgan fingerprint density at radius 3 is 2.42 bits per heavy atom. The molecule has 0 radical (unpaired) electrons. The van der Waals surface area contributed by atoms with Crippen LogP contribution in [0.25, 0.3) is 10.9 Å². The lowest BCUT2D eigenvalue weighted by Gasteiger charge is -2.33. The lowest BCUT2D eigenvalue weighted by Crippen LogP contribution is -2.41. The number of nitrogens with one attached hydrogen (secondary N) is 1. The van der Waals surface area contributed by atoms with E-state index in [1.54, 1.807) is 18.7 Å². The van der Waals surface area contributed by atoms with Crippen LogP contribution in [0.3, 0.4) is 0 Å². The van der Waals surface area contributed by atoms with E-state index in [4.69, 9.17) is 10.5 Å². The zero-order chi connectivity index (χ0) is 27.8. The van der Waals surface area contributed by atoms with Gasteiger partial charge < -0.3 is 20.7 Å². The van der Waals surface area contributed by atoms with Gasteiger partial charge in [0.2, 0.25) is 0 Å². The summed E-state index contributed by atoms with van der Waals surface area (Å²) in [6.45, 7) is 10.3. The van der Waals surface area contributed by atoms with Crippen molar-refractivity contribution in [2.45, 2.75) is 71.2 Å². The number of halogens is 3. The summed E-state index contributed by atoms with van der Waals surface area (Å²) in [5.74, 6) is 1.34. The first kappa shape index (κ1) is 27.5. The monoisotopic (exact) mass is 529 g/mol. The van der Waals surface area contributed by atoms with Crippen LogP contribution in [-0.2, 0) is 10.9 Å². The summed E-state index contributed by atoms with van der Waals surface area (Å²) in [7, 11) is 0. The molecule has 38 heavy (non-hydrogen) atoms. The van der Waals surface area contributed by atoms with Crippen molar-refractivity contribution < 1.29 is 22.7 Å². The van der Waals surface area contributed by atoms with Gasteiger partial charge in [-0.05, 0) is 94.8 Å². The van der Waals surface area contributed by atoms with Crippen LogP contribution in [0.15, 0.2) is 36.4 Å². The lowest BCUT2D eigenvalue weighted by molar-refractivity contribution is -0.137. The summed E-state index contributed by atoms with van der Waals surface area (Å²) >= 11 is 0. The van der Waals surface area contributed by atoms with E-state index in [1.807, 2.05) is 39.0 Å². The summed E-state index contributed by atoms with van der Waals surface area (Å²) < 4.78 is 45.5. The van der Waals surface area contributed by atoms with Crippen molar-refractivity contribution in [3.05, 3.63) is 58.9 Å². The molecule has 0 unspecified atom stereocenters. The summed E-state index contributed by atoms with van der Waals surface area (Å²) in [6.07, 6.45) is -3.20. The summed E-state index contributed by atoms with van der Waals surface area (Å²) in [5, 5.41) is 4.06. The third kappa shape index (κ3) is 6.46. The quantitative estimate of drug-likeness (QED) is 0.360. The number of hydrogen-bond donors (Lipinski definition) is 2. The van der Waals surface area contributed by atoms with Gasteiger partial charge in [0.15, 0.2) is 0 Å². The van der Waals surface area contributed by atoms with Gasteiger partial charge in [-0.2, -0.15) is 13.2 Å². The number of alkyl halides is 3. The normalized spacial score (nSPS) is 15.9. The van der Waals surface area contributed by atoms with Gasteiger partial charge in [0.05, 0.1) is 17.1 Å². The number of benzene rings is 2. The number of nitrogen functional groups attached to an aromatic ring is 1. The Hall–Kier alpha value is -3.56. The Balaban J connectivity index is 1.56. The minimum absolute atomic E-state index is 0.0483. The summed E-state index contributed by atoms with van der Waals surface area (Å²) in [5.41, 5.74) is 6.76. The van der Waals surface area contributed by atoms with Crippen LogP contribution in [0.2, 0.25) is 0 Å². The summed E-state index contributed by atoms with van der Waals surface area (Å²) in [4.78, 5) is 23.3. The van der Waals surface area contributed by atoms with Crippen molar-refractivity contribution in [1.82, 2.24) is 14.9 Å². The number of likely N-dealkylation sites (tertiary alicyclic amines) is 1. The molecule has 2 heterocycles. The molecule has 1 aromatic heterocycles. The largest absolute Gasteiger partial charge is 0.444 e. The predicted molar refractivity (Wildman–Crippen MR) is 142 cm³/mol. The second-order valence-electron chi connectivity index (χ2n) is 10.9. The van der Waals surface area contributed by atoms with Gasteiger partial charge in [-0.25, -0.2) is 14.8 Å². The second-order valence-corrected chi connectivity index (χ2v) is 10.9. The average Bonchev–Trinajstić information content (AvgIpc) is 2.82. The fourth-order valence-corrected chi connectivity index (χ4v) is 4.73. The molecule has 7 nitrogen and oxygen atoms in total. The number of carbonyl (C=O) groups excluding carboxylic acids is 1. The number of nitrogens with two attached hydrogens (primary N) is 1. The van der Waals surface area contributed by atoms with Gasteiger partial charge in [-0.1, -0.05) is 6.07 Å². The van der Waals surface area contributed by atoms with Gasteiger partial charge in [-0.15, -0.1) is 0 Å². The van der Waals surface area contributed by atoms with Crippen molar-refractivity contribution in [3.8, 4) is 0 Å². The number of nitrogens with zero attached hydrogens (tertiary/aromatic N) is 3. The van der Waals surface area contributed by atoms with E-state index in [-0.39, 0.29) is 17.7 Å². The molecule has 0 aliphatic carbocycles. The zero-order valence-electron chi connectivity index (χ0n) is 22.3. The number of piperidine rings is 1. The van der Waals surface area contributed by atoms with Crippen LogP contribution in [0.4, 0.5) is 29.5 Å². The smallest absolute Gasteiger partial charge is 0.416 e. The van der Waals surface area contributed by atoms with E-state index in [9.17, 15) is 18.0 Å². The number of carbonyl (C=O) groups is 1. The zero-order valence-corrected chi connectivity index (χ0v) is 22.3. The highest BCUT2D eigenvalue weighted by Crippen LogP contribution is 2.35. The topological polar surface area (TPSA) is 93.4 Å². The number of aryl methyl sites for hydroxylation is 1. The van der Waals surface area contributed by atoms with Crippen molar-refractivity contribution in [2.75, 3.05) is 24.1 Å². The Bertz CT molecular complexity index is 1330. The minimum Gasteiger partial charge on any atom is -0.444 e. The Morgan fingerprint density at radius 2 is 1.79 bits per heavy atom. The Morgan fingerprint density at radius 1 is 1.11 bits per heavy atom. The molecular formula is C28H34F3N5O2. The summed E-state index contributed by atoms with van der Waals surface area (Å²) in [6, 6.07) is 9.11. The number of rotatable bonds is 4. The Kier molecular flexibility index (Phi) is 7.45. The van der Waals surface area contributed by atoms with Gasteiger partial charge in [0, 0.05) is 24.2 Å². The van der Waals surface area contributed by atoms with Gasteiger partial charge in [-0.3, -0.25) is 0 Å². The van der Waals surface area contributed by atoms with Gasteiger partial charge in [0.25, 0.3) is 0 Å². The number of hydrogen-bond acceptors (Lipinski definition) is 6. The fraction of sp³-hybridized carbons (Fsp3) is 0.464. The maximum Gasteiger partial charge on any atom is 0.416 e. The fourth-order valence-electron chi connectivity index (χ4n) is 4.73. The first-order valence-electron chi connectivity index (χ1n) is 12.7. The van der Waals surface area contributed by atoms with Crippen molar-refractivity contribution >= 4 is 28.5 Å². The van der Waals surface area contributed by atoms with Crippen LogP contribution < -0.4 is 11.1 Å². The van der Waals surface area contributed by atoms with E-state index < -0.39 is 23.4 Å². The molecule has 1 aliphatic rings. The Labute approximate surface area is 220 Å². The molecule has 3 aromatic rings. The standard InChI is InChI=1S/C28H34F3N5O2/c1-16(20-12-21(28(29,30)31)15-22(32)13-20)33-25-23-14-19(6-7-24(23)34-17(2)35-25)18-8-10-36(11-9-18)26(37)38-27(3,4)5/h6-7,12-16,18H,8-11,32H2,1-5H3,(H,33,34,35)/t16-/m1/s1. The maximum atomic E-state index is 13.3. The lowest BCUT2D eigenvalue weighted by atomic mass is 9.89. The van der Waals surface area contributed by atoms with Crippen LogP contribution in [-0.4, -0.2) is 39.7 Å². The van der Waals surface area contributed by atoms with Crippen LogP contribution in [0, 0.1) is 6.92 Å². The van der Waals surface area contributed by atoms with Crippen LogP contribution in [0.1, 0.15) is 75.0 Å². The number of fused-ring (bicyclic) bond motifs is 1. The van der Waals surface area contributed by atoms with Crippen LogP contribution >= 0.6 is 0 Å². The molecule has 1 fully saturated rings. The van der Waals surface area contributed by atoms with E-state index in [2.05, 4.69) is 15.3 Å². The molecule has 1 aliphatic heterocycles. The number of aromatic nitrogens is 2. The van der Waals surface area contributed by atoms with Crippen molar-refractivity contribution in [1.29, 1.82) is 0 Å². The maximum absolute atomic E-state index is 13.3. The number of anilines is 2. The molecule has 10 heteroatoms. The van der Waals surface area contributed by atoms with Gasteiger partial charge >= 0.3 is 12.3 Å². The molecule has 0 saturated carbocycles. The van der Waals surface area contributed by atoms with Crippen LogP contribution in [0.5, 0.6) is 0 Å². The number of ether oxygens (including phenoxy) is 1.